The topological polar surface area (TPSA) is 111 Å². The average Bonchev–Trinajstić information content (AvgIpc) is 3.26. The number of halogens is 1. The summed E-state index contributed by atoms with van der Waals surface area (Å²) in [7, 11) is 1.66. The lowest BCUT2D eigenvalue weighted by Crippen LogP contribution is -2.32. The molecule has 2 N–H and O–H groups in total. The van der Waals surface area contributed by atoms with Crippen LogP contribution in [0.5, 0.6) is 0 Å². The minimum atomic E-state index is -1.51. The first kappa shape index (κ1) is 26.9. The second kappa shape index (κ2) is 10.7. The standard InChI is InChI=1S/C24H21FN2O5.C2H6O.C2H6/c1-10-12-4-3-11(8-31-2)19-14-7-27-18(21(14)26-17(20(12)19)6-16(10)25)5-13-15(23(27)29)9-32-24(30)22(13)28;1-2-3;1-2/h5-6,11,22,28H,3-4,7-9H2,1-2H3;3H,2H2,1H3;1-2H3. The Balaban J connectivity index is 0.000000599. The maximum absolute atomic E-state index is 14.7. The van der Waals surface area contributed by atoms with Crippen LogP contribution in [0, 0.1) is 12.7 Å². The van der Waals surface area contributed by atoms with E-state index in [9.17, 15) is 19.1 Å². The molecule has 0 radical (unpaired) electrons. The van der Waals surface area contributed by atoms with Gasteiger partial charge >= 0.3 is 5.97 Å². The number of hydrogen-bond donors (Lipinski definition) is 2. The van der Waals surface area contributed by atoms with Crippen molar-refractivity contribution in [1.82, 2.24) is 9.55 Å². The van der Waals surface area contributed by atoms with Gasteiger partial charge in [-0.3, -0.25) is 4.79 Å². The summed E-state index contributed by atoms with van der Waals surface area (Å²) < 4.78 is 26.8. The number of aromatic nitrogens is 2. The Morgan fingerprint density at radius 3 is 2.59 bits per heavy atom. The lowest BCUT2D eigenvalue weighted by atomic mass is 9.78. The molecule has 2 atom stereocenters. The number of carbonyl (C=O) groups is 1. The van der Waals surface area contributed by atoms with Gasteiger partial charge in [0.1, 0.15) is 12.4 Å². The summed E-state index contributed by atoms with van der Waals surface area (Å²) in [5, 5.41) is 18.8. The number of aliphatic hydroxyl groups excluding tert-OH is 2. The molecule has 1 aliphatic carbocycles. The molecular weight excluding hydrogens is 479 g/mol. The van der Waals surface area contributed by atoms with Gasteiger partial charge in [-0.1, -0.05) is 13.8 Å². The minimum absolute atomic E-state index is 0.103. The third-order valence-electron chi connectivity index (χ3n) is 7.13. The highest BCUT2D eigenvalue weighted by Gasteiger charge is 2.37. The Morgan fingerprint density at radius 2 is 1.92 bits per heavy atom. The zero-order valence-corrected chi connectivity index (χ0v) is 21.9. The number of carbonyl (C=O) groups excluding carboxylic acids is 1. The molecule has 0 amide bonds. The summed E-state index contributed by atoms with van der Waals surface area (Å²) >= 11 is 0. The van der Waals surface area contributed by atoms with Crippen LogP contribution >= 0.6 is 0 Å². The van der Waals surface area contributed by atoms with E-state index in [1.54, 1.807) is 31.6 Å². The monoisotopic (exact) mass is 512 g/mol. The zero-order valence-electron chi connectivity index (χ0n) is 21.9. The first-order valence-corrected chi connectivity index (χ1v) is 12.7. The molecular formula is C28H33FN2O6. The van der Waals surface area contributed by atoms with Crippen molar-refractivity contribution in [3.05, 3.63) is 61.7 Å². The zero-order chi connectivity index (χ0) is 27.0. The van der Waals surface area contributed by atoms with Crippen molar-refractivity contribution in [2.24, 2.45) is 0 Å². The molecule has 3 aliphatic rings. The summed E-state index contributed by atoms with van der Waals surface area (Å²) in [4.78, 5) is 29.9. The van der Waals surface area contributed by atoms with Gasteiger partial charge in [0.2, 0.25) is 0 Å². The molecule has 1 aromatic carbocycles. The lowest BCUT2D eigenvalue weighted by Gasteiger charge is -2.28. The van der Waals surface area contributed by atoms with E-state index in [1.807, 2.05) is 13.8 Å². The van der Waals surface area contributed by atoms with E-state index in [0.29, 0.717) is 35.6 Å². The normalized spacial score (nSPS) is 18.5. The van der Waals surface area contributed by atoms with Crippen molar-refractivity contribution in [1.29, 1.82) is 0 Å². The van der Waals surface area contributed by atoms with Crippen molar-refractivity contribution < 1.29 is 28.9 Å². The van der Waals surface area contributed by atoms with Crippen molar-refractivity contribution in [2.45, 2.75) is 65.7 Å². The van der Waals surface area contributed by atoms with Crippen LogP contribution < -0.4 is 5.56 Å². The van der Waals surface area contributed by atoms with Gasteiger partial charge in [-0.25, -0.2) is 14.2 Å². The number of fused-ring (bicyclic) bond motifs is 5. The third kappa shape index (κ3) is 4.24. The molecule has 4 heterocycles. The third-order valence-corrected chi connectivity index (χ3v) is 7.13. The molecule has 2 unspecified atom stereocenters. The van der Waals surface area contributed by atoms with Crippen LogP contribution in [-0.4, -0.2) is 46.1 Å². The van der Waals surface area contributed by atoms with Crippen LogP contribution in [0.2, 0.25) is 0 Å². The van der Waals surface area contributed by atoms with Crippen molar-refractivity contribution >= 4 is 16.9 Å². The average molecular weight is 513 g/mol. The van der Waals surface area contributed by atoms with E-state index in [4.69, 9.17) is 19.6 Å². The van der Waals surface area contributed by atoms with E-state index < -0.39 is 12.1 Å². The fourth-order valence-electron chi connectivity index (χ4n) is 5.57. The van der Waals surface area contributed by atoms with Crippen LogP contribution in [-0.2, 0) is 33.8 Å². The van der Waals surface area contributed by atoms with Gasteiger partial charge in [-0.15, -0.1) is 0 Å². The highest BCUT2D eigenvalue weighted by atomic mass is 19.1. The number of aliphatic hydroxyl groups is 2. The number of benzene rings is 1. The molecule has 2 aliphatic heterocycles. The minimum Gasteiger partial charge on any atom is -0.458 e. The maximum atomic E-state index is 14.7. The summed E-state index contributed by atoms with van der Waals surface area (Å²) in [6.45, 7) is 8.41. The summed E-state index contributed by atoms with van der Waals surface area (Å²) in [5.74, 6) is -0.967. The molecule has 0 spiro atoms. The number of ether oxygens (including phenoxy) is 2. The van der Waals surface area contributed by atoms with Gasteiger partial charge in [0.15, 0.2) is 6.10 Å². The van der Waals surface area contributed by atoms with E-state index in [0.717, 1.165) is 34.9 Å². The molecule has 6 rings (SSSR count). The Morgan fingerprint density at radius 1 is 1.22 bits per heavy atom. The molecule has 9 heteroatoms. The van der Waals surface area contributed by atoms with Gasteiger partial charge in [-0.2, -0.15) is 0 Å². The number of esters is 1. The highest BCUT2D eigenvalue weighted by molar-refractivity contribution is 5.93. The van der Waals surface area contributed by atoms with Crippen LogP contribution in [0.1, 0.15) is 72.6 Å². The SMILES string of the molecule is CC.CCO.COCC1CCc2c(C)c(F)cc3nc4c(c1c23)Cn1c-4cc2c(c1=O)COC(=O)C2O. The van der Waals surface area contributed by atoms with E-state index >= 15 is 0 Å². The van der Waals surface area contributed by atoms with Gasteiger partial charge in [0.25, 0.3) is 5.56 Å². The van der Waals surface area contributed by atoms with E-state index in [1.165, 1.54) is 6.07 Å². The number of hydrogen-bond acceptors (Lipinski definition) is 7. The molecule has 2 aromatic heterocycles. The van der Waals surface area contributed by atoms with Gasteiger partial charge in [0.05, 0.1) is 35.6 Å². The van der Waals surface area contributed by atoms with Crippen LogP contribution in [0.15, 0.2) is 16.9 Å². The summed E-state index contributed by atoms with van der Waals surface area (Å²) in [5.41, 5.74) is 5.49. The Hall–Kier alpha value is -3.14. The second-order valence-corrected chi connectivity index (χ2v) is 9.08. The van der Waals surface area contributed by atoms with Crippen molar-refractivity contribution in [3.63, 3.8) is 0 Å². The quantitative estimate of drug-likeness (QED) is 0.394. The molecule has 8 nitrogen and oxygen atoms in total. The molecule has 0 saturated heterocycles. The van der Waals surface area contributed by atoms with Crippen molar-refractivity contribution in [2.75, 3.05) is 20.3 Å². The predicted molar refractivity (Wildman–Crippen MR) is 137 cm³/mol. The van der Waals surface area contributed by atoms with Gasteiger partial charge in [-0.05, 0) is 49.4 Å². The highest BCUT2D eigenvalue weighted by Crippen LogP contribution is 2.45. The molecule has 0 bridgehead atoms. The van der Waals surface area contributed by atoms with E-state index in [-0.39, 0.29) is 41.6 Å². The first-order valence-electron chi connectivity index (χ1n) is 12.7. The molecule has 37 heavy (non-hydrogen) atoms. The Bertz CT molecular complexity index is 1430. The Kier molecular flexibility index (Phi) is 7.77. The van der Waals surface area contributed by atoms with Gasteiger partial charge < -0.3 is 24.3 Å². The van der Waals surface area contributed by atoms with Crippen LogP contribution in [0.4, 0.5) is 4.39 Å². The van der Waals surface area contributed by atoms with Crippen molar-refractivity contribution in [3.8, 4) is 11.4 Å². The fraction of sp³-hybridized carbons (Fsp3) is 0.464. The largest absolute Gasteiger partial charge is 0.458 e. The summed E-state index contributed by atoms with van der Waals surface area (Å²) in [6.07, 6.45) is 0.0571. The van der Waals surface area contributed by atoms with Crippen LogP contribution in [0.25, 0.3) is 22.3 Å². The predicted octanol–water partition coefficient (Wildman–Crippen LogP) is 3.66. The van der Waals surface area contributed by atoms with Gasteiger partial charge in [0, 0.05) is 42.2 Å². The summed E-state index contributed by atoms with van der Waals surface area (Å²) in [6, 6.07) is 3.11. The second-order valence-electron chi connectivity index (χ2n) is 9.08. The molecule has 0 saturated carbocycles. The fourth-order valence-corrected chi connectivity index (χ4v) is 5.57. The maximum Gasteiger partial charge on any atom is 0.340 e. The number of nitrogens with zero attached hydrogens (tertiary/aromatic N) is 2. The van der Waals surface area contributed by atoms with E-state index in [2.05, 4.69) is 0 Å². The number of methoxy groups -OCH3 is 1. The molecule has 0 fully saturated rings. The number of cyclic esters (lactones) is 1. The van der Waals surface area contributed by atoms with Crippen LogP contribution in [0.3, 0.4) is 0 Å². The smallest absolute Gasteiger partial charge is 0.340 e. The number of aryl methyl sites for hydroxylation is 1. The first-order chi connectivity index (χ1) is 17.8. The Labute approximate surface area is 214 Å². The molecule has 198 valence electrons. The number of rotatable bonds is 2. The molecule has 3 aromatic rings. The number of pyridine rings is 2. The lowest BCUT2D eigenvalue weighted by molar-refractivity contribution is -0.157.